The molecule has 0 unspecified atom stereocenters. The highest BCUT2D eigenvalue weighted by Gasteiger charge is 2.13. The summed E-state index contributed by atoms with van der Waals surface area (Å²) in [4.78, 5) is 12.4. The molecule has 0 saturated heterocycles. The maximum absolute atomic E-state index is 12.4. The van der Waals surface area contributed by atoms with Gasteiger partial charge in [0, 0.05) is 10.7 Å². The normalized spacial score (nSPS) is 11.1. The van der Waals surface area contributed by atoms with E-state index < -0.39 is 5.91 Å². The molecule has 0 spiro atoms. The Morgan fingerprint density at radius 3 is 2.16 bits per heavy atom. The molecule has 4 nitrogen and oxygen atoms in total. The van der Waals surface area contributed by atoms with Crippen LogP contribution in [-0.2, 0) is 11.4 Å². The summed E-state index contributed by atoms with van der Waals surface area (Å²) in [5.41, 5.74) is 1.62. The standard InChI is InChI=1S/C23H13Cl5N2O2/c24-16-2-4-17(5-3-16)30-23(31)15(11-29)7-14-9-20(27)22(21(28)10-14)32-12-13-1-6-18(25)19(26)8-13/h1-10H,12H2,(H,30,31)/b15-7-. The van der Waals surface area contributed by atoms with Crippen molar-refractivity contribution >= 4 is 75.7 Å². The number of nitrogens with one attached hydrogen (secondary N) is 1. The van der Waals surface area contributed by atoms with E-state index in [1.54, 1.807) is 54.6 Å². The smallest absolute Gasteiger partial charge is 0.266 e. The van der Waals surface area contributed by atoms with Gasteiger partial charge < -0.3 is 10.1 Å². The number of hydrogen-bond acceptors (Lipinski definition) is 3. The molecule has 0 aliphatic rings. The first kappa shape index (κ1) is 24.3. The highest BCUT2D eigenvalue weighted by atomic mass is 35.5. The SMILES string of the molecule is N#C/C(=C/c1cc(Cl)c(OCc2ccc(Cl)c(Cl)c2)c(Cl)c1)C(=O)Nc1ccc(Cl)cc1. The van der Waals surface area contributed by atoms with Crippen LogP contribution < -0.4 is 10.1 Å². The average Bonchev–Trinajstić information content (AvgIpc) is 2.75. The van der Waals surface area contributed by atoms with Crippen LogP contribution in [0.15, 0.2) is 60.2 Å². The van der Waals surface area contributed by atoms with Crippen molar-refractivity contribution in [1.29, 1.82) is 5.26 Å². The van der Waals surface area contributed by atoms with Crippen LogP contribution in [0.1, 0.15) is 11.1 Å². The Labute approximate surface area is 209 Å². The van der Waals surface area contributed by atoms with E-state index >= 15 is 0 Å². The van der Waals surface area contributed by atoms with E-state index in [2.05, 4.69) is 5.32 Å². The van der Waals surface area contributed by atoms with Crippen LogP contribution in [0.25, 0.3) is 6.08 Å². The fraction of sp³-hybridized carbons (Fsp3) is 0.0435. The third-order valence-electron chi connectivity index (χ3n) is 4.17. The first-order valence-corrected chi connectivity index (χ1v) is 10.9. The lowest BCUT2D eigenvalue weighted by Gasteiger charge is -2.12. The lowest BCUT2D eigenvalue weighted by Crippen LogP contribution is -2.13. The van der Waals surface area contributed by atoms with E-state index in [1.807, 2.05) is 6.07 Å². The van der Waals surface area contributed by atoms with Gasteiger partial charge in [0.15, 0.2) is 5.75 Å². The van der Waals surface area contributed by atoms with Gasteiger partial charge in [-0.3, -0.25) is 4.79 Å². The Kier molecular flexibility index (Phi) is 8.31. The van der Waals surface area contributed by atoms with Gasteiger partial charge in [0.1, 0.15) is 18.2 Å². The number of ether oxygens (including phenoxy) is 1. The van der Waals surface area contributed by atoms with E-state index in [-0.39, 0.29) is 28.0 Å². The Bertz CT molecular complexity index is 1210. The van der Waals surface area contributed by atoms with E-state index in [4.69, 9.17) is 62.7 Å². The van der Waals surface area contributed by atoms with Gasteiger partial charge >= 0.3 is 0 Å². The predicted octanol–water partition coefficient (Wildman–Crippen LogP) is 8.08. The summed E-state index contributed by atoms with van der Waals surface area (Å²) in [6.45, 7) is 0.165. The van der Waals surface area contributed by atoms with Crippen molar-refractivity contribution in [2.75, 3.05) is 5.32 Å². The molecule has 9 heteroatoms. The molecule has 0 aromatic heterocycles. The van der Waals surface area contributed by atoms with Gasteiger partial charge in [-0.15, -0.1) is 0 Å². The summed E-state index contributed by atoms with van der Waals surface area (Å²) in [6.07, 6.45) is 1.38. The average molecular weight is 527 g/mol. The summed E-state index contributed by atoms with van der Waals surface area (Å²) in [5.74, 6) is -0.317. The number of rotatable bonds is 6. The Morgan fingerprint density at radius 1 is 0.906 bits per heavy atom. The second kappa shape index (κ2) is 11.0. The Balaban J connectivity index is 1.76. The molecule has 3 aromatic carbocycles. The second-order valence-electron chi connectivity index (χ2n) is 6.48. The summed E-state index contributed by atoms with van der Waals surface area (Å²) in [6, 6.07) is 16.6. The molecule has 1 N–H and O–H groups in total. The topological polar surface area (TPSA) is 62.1 Å². The second-order valence-corrected chi connectivity index (χ2v) is 8.55. The minimum Gasteiger partial charge on any atom is -0.486 e. The number of benzene rings is 3. The number of nitriles is 1. The first-order valence-electron chi connectivity index (χ1n) is 9.01. The summed E-state index contributed by atoms with van der Waals surface area (Å²) in [7, 11) is 0. The van der Waals surface area contributed by atoms with E-state index in [0.29, 0.717) is 26.3 Å². The number of carbonyl (C=O) groups is 1. The lowest BCUT2D eigenvalue weighted by molar-refractivity contribution is -0.112. The van der Waals surface area contributed by atoms with Crippen LogP contribution in [0.5, 0.6) is 5.75 Å². The molecule has 0 bridgehead atoms. The molecule has 1 amide bonds. The molecule has 0 saturated carbocycles. The Morgan fingerprint density at radius 2 is 1.56 bits per heavy atom. The zero-order valence-electron chi connectivity index (χ0n) is 16.1. The number of anilines is 1. The van der Waals surface area contributed by atoms with Gasteiger partial charge in [0.2, 0.25) is 0 Å². The zero-order chi connectivity index (χ0) is 23.3. The molecule has 0 fully saturated rings. The van der Waals surface area contributed by atoms with E-state index in [0.717, 1.165) is 5.56 Å². The fourth-order valence-corrected chi connectivity index (χ4v) is 3.69. The van der Waals surface area contributed by atoms with Crippen molar-refractivity contribution < 1.29 is 9.53 Å². The van der Waals surface area contributed by atoms with E-state index in [1.165, 1.54) is 6.08 Å². The summed E-state index contributed by atoms with van der Waals surface area (Å²) >= 11 is 30.4. The molecule has 32 heavy (non-hydrogen) atoms. The van der Waals surface area contributed by atoms with Crippen LogP contribution in [0.4, 0.5) is 5.69 Å². The van der Waals surface area contributed by atoms with Crippen molar-refractivity contribution in [1.82, 2.24) is 0 Å². The third-order valence-corrected chi connectivity index (χ3v) is 5.72. The molecule has 0 heterocycles. The molecule has 0 aliphatic heterocycles. The van der Waals surface area contributed by atoms with Crippen molar-refractivity contribution in [2.24, 2.45) is 0 Å². The maximum Gasteiger partial charge on any atom is 0.266 e. The summed E-state index contributed by atoms with van der Waals surface area (Å²) in [5, 5.41) is 13.9. The minimum atomic E-state index is -0.581. The quantitative estimate of drug-likeness (QED) is 0.261. The number of hydrogen-bond donors (Lipinski definition) is 1. The maximum atomic E-state index is 12.4. The van der Waals surface area contributed by atoms with Crippen molar-refractivity contribution in [3.8, 4) is 11.8 Å². The Hall–Kier alpha value is -2.39. The molecular formula is C23H13Cl5N2O2. The monoisotopic (exact) mass is 524 g/mol. The zero-order valence-corrected chi connectivity index (χ0v) is 19.9. The lowest BCUT2D eigenvalue weighted by atomic mass is 10.1. The molecule has 3 rings (SSSR count). The molecule has 0 atom stereocenters. The highest BCUT2D eigenvalue weighted by molar-refractivity contribution is 6.42. The van der Waals surface area contributed by atoms with Crippen LogP contribution >= 0.6 is 58.0 Å². The van der Waals surface area contributed by atoms with Crippen molar-refractivity contribution in [2.45, 2.75) is 6.61 Å². The van der Waals surface area contributed by atoms with Gasteiger partial charge in [-0.05, 0) is 65.7 Å². The van der Waals surface area contributed by atoms with Crippen LogP contribution in [0.2, 0.25) is 25.1 Å². The number of carbonyl (C=O) groups excluding carboxylic acids is 1. The number of nitrogens with zero attached hydrogens (tertiary/aromatic N) is 1. The van der Waals surface area contributed by atoms with Gasteiger partial charge in [-0.1, -0.05) is 64.1 Å². The first-order chi connectivity index (χ1) is 15.3. The van der Waals surface area contributed by atoms with E-state index in [9.17, 15) is 10.1 Å². The number of amides is 1. The van der Waals surface area contributed by atoms with Crippen molar-refractivity contribution in [3.63, 3.8) is 0 Å². The molecule has 0 aliphatic carbocycles. The van der Waals surface area contributed by atoms with Gasteiger partial charge in [-0.25, -0.2) is 0 Å². The number of halogens is 5. The van der Waals surface area contributed by atoms with Crippen molar-refractivity contribution in [3.05, 3.63) is 96.4 Å². The van der Waals surface area contributed by atoms with Gasteiger partial charge in [0.25, 0.3) is 5.91 Å². The minimum absolute atomic E-state index is 0.128. The van der Waals surface area contributed by atoms with Crippen LogP contribution in [-0.4, -0.2) is 5.91 Å². The molecule has 0 radical (unpaired) electrons. The highest BCUT2D eigenvalue weighted by Crippen LogP contribution is 2.36. The largest absolute Gasteiger partial charge is 0.486 e. The van der Waals surface area contributed by atoms with Crippen LogP contribution in [0, 0.1) is 11.3 Å². The molecule has 3 aromatic rings. The summed E-state index contributed by atoms with van der Waals surface area (Å²) < 4.78 is 5.73. The van der Waals surface area contributed by atoms with Crippen LogP contribution in [0.3, 0.4) is 0 Å². The van der Waals surface area contributed by atoms with Gasteiger partial charge in [0.05, 0.1) is 20.1 Å². The third kappa shape index (κ3) is 6.32. The molecular weight excluding hydrogens is 514 g/mol. The van der Waals surface area contributed by atoms with Gasteiger partial charge in [-0.2, -0.15) is 5.26 Å². The fourth-order valence-electron chi connectivity index (χ4n) is 2.63. The predicted molar refractivity (Wildman–Crippen MR) is 131 cm³/mol. The molecule has 162 valence electrons.